The molecule has 1 saturated heterocycles. The van der Waals surface area contributed by atoms with Crippen LogP contribution in [0.3, 0.4) is 0 Å². The molecule has 1 aromatic heterocycles. The Hall–Kier alpha value is -2.59. The number of fused-ring (bicyclic) bond motifs is 1. The molecule has 0 radical (unpaired) electrons. The Bertz CT molecular complexity index is 970. The van der Waals surface area contributed by atoms with Crippen molar-refractivity contribution in [2.24, 2.45) is 0 Å². The highest BCUT2D eigenvalue weighted by Gasteiger charge is 2.22. The first kappa shape index (κ1) is 15.9. The minimum atomic E-state index is -0.400. The van der Waals surface area contributed by atoms with Crippen LogP contribution in [0.5, 0.6) is 5.75 Å². The van der Waals surface area contributed by atoms with Crippen LogP contribution in [-0.4, -0.2) is 18.2 Å². The molecule has 2 N–H and O–H groups in total. The summed E-state index contributed by atoms with van der Waals surface area (Å²) < 4.78 is 5.39. The molecule has 4 rings (SSSR count). The van der Waals surface area contributed by atoms with Crippen LogP contribution in [0.2, 0.25) is 0 Å². The van der Waals surface area contributed by atoms with Gasteiger partial charge in [-0.1, -0.05) is 30.3 Å². The molecular weight excluding hydrogens is 314 g/mol. The molecule has 0 spiro atoms. The Balaban J connectivity index is 1.94. The summed E-state index contributed by atoms with van der Waals surface area (Å²) in [5.41, 5.74) is 3.60. The monoisotopic (exact) mass is 336 g/mol. The third-order valence-electron chi connectivity index (χ3n) is 5.16. The van der Waals surface area contributed by atoms with Gasteiger partial charge in [0.2, 0.25) is 0 Å². The van der Waals surface area contributed by atoms with Crippen molar-refractivity contribution in [1.29, 1.82) is 0 Å². The van der Waals surface area contributed by atoms with E-state index in [1.807, 2.05) is 43.3 Å². The predicted molar refractivity (Wildman–Crippen MR) is 98.0 cm³/mol. The maximum absolute atomic E-state index is 12.0. The maximum atomic E-state index is 12.0. The average Bonchev–Trinajstić information content (AvgIpc) is 3.11. The summed E-state index contributed by atoms with van der Waals surface area (Å²) in [7, 11) is 0. The molecule has 0 aliphatic carbocycles. The van der Waals surface area contributed by atoms with Crippen LogP contribution in [0.1, 0.15) is 24.0 Å². The zero-order valence-corrected chi connectivity index (χ0v) is 14.3. The number of hydrogen-bond acceptors (Lipinski definition) is 3. The number of aryl methyl sites for hydroxylation is 1. The number of phenols is 1. The number of hydrogen-bond donors (Lipinski definition) is 2. The SMILES string of the molecule is Cc1cc2oc(=O)cc(-c3ccccc3)c2c(O)c1C[NH+]1CCCC1. The first-order chi connectivity index (χ1) is 12.1. The van der Waals surface area contributed by atoms with Crippen LogP contribution >= 0.6 is 0 Å². The number of nitrogens with one attached hydrogen (secondary N) is 1. The van der Waals surface area contributed by atoms with Crippen molar-refractivity contribution in [2.75, 3.05) is 13.1 Å². The van der Waals surface area contributed by atoms with E-state index in [4.69, 9.17) is 4.42 Å². The Morgan fingerprint density at radius 2 is 1.84 bits per heavy atom. The Labute approximate surface area is 146 Å². The fraction of sp³-hybridized carbons (Fsp3) is 0.286. The lowest BCUT2D eigenvalue weighted by molar-refractivity contribution is -0.901. The second-order valence-corrected chi connectivity index (χ2v) is 6.87. The van der Waals surface area contributed by atoms with E-state index in [-0.39, 0.29) is 5.75 Å². The Morgan fingerprint density at radius 3 is 2.56 bits per heavy atom. The van der Waals surface area contributed by atoms with Crippen molar-refractivity contribution in [3.05, 3.63) is 64.0 Å². The van der Waals surface area contributed by atoms with E-state index in [1.54, 1.807) is 0 Å². The van der Waals surface area contributed by atoms with Gasteiger partial charge in [0.05, 0.1) is 24.0 Å². The molecule has 1 aliphatic heterocycles. The summed E-state index contributed by atoms with van der Waals surface area (Å²) in [5, 5.41) is 11.7. The van der Waals surface area contributed by atoms with Gasteiger partial charge in [-0.3, -0.25) is 0 Å². The van der Waals surface area contributed by atoms with Crippen molar-refractivity contribution >= 4 is 11.0 Å². The normalized spacial score (nSPS) is 15.1. The molecule has 4 heteroatoms. The highest BCUT2D eigenvalue weighted by atomic mass is 16.4. The third kappa shape index (κ3) is 2.94. The molecule has 2 aromatic carbocycles. The molecule has 0 atom stereocenters. The molecule has 4 nitrogen and oxygen atoms in total. The van der Waals surface area contributed by atoms with Crippen LogP contribution in [-0.2, 0) is 6.54 Å². The second-order valence-electron chi connectivity index (χ2n) is 6.87. The zero-order chi connectivity index (χ0) is 17.4. The summed E-state index contributed by atoms with van der Waals surface area (Å²) in [6.45, 7) is 5.07. The first-order valence-corrected chi connectivity index (χ1v) is 8.82. The quantitative estimate of drug-likeness (QED) is 0.723. The summed E-state index contributed by atoms with van der Waals surface area (Å²) in [5.74, 6) is 0.247. The molecule has 3 aromatic rings. The van der Waals surface area contributed by atoms with Crippen LogP contribution in [0, 0.1) is 6.92 Å². The topological polar surface area (TPSA) is 54.9 Å². The van der Waals surface area contributed by atoms with E-state index in [9.17, 15) is 9.90 Å². The third-order valence-corrected chi connectivity index (χ3v) is 5.16. The Kier molecular flexibility index (Phi) is 4.06. The first-order valence-electron chi connectivity index (χ1n) is 8.82. The van der Waals surface area contributed by atoms with Crippen LogP contribution in [0.25, 0.3) is 22.1 Å². The van der Waals surface area contributed by atoms with Gasteiger partial charge in [-0.25, -0.2) is 4.79 Å². The van der Waals surface area contributed by atoms with Gasteiger partial charge in [-0.15, -0.1) is 0 Å². The summed E-state index contributed by atoms with van der Waals surface area (Å²) >= 11 is 0. The van der Waals surface area contributed by atoms with Crippen LogP contribution in [0.4, 0.5) is 0 Å². The number of likely N-dealkylation sites (tertiary alicyclic amines) is 1. The summed E-state index contributed by atoms with van der Waals surface area (Å²) in [6, 6.07) is 13.0. The van der Waals surface area contributed by atoms with E-state index >= 15 is 0 Å². The van der Waals surface area contributed by atoms with Gasteiger partial charge in [-0.2, -0.15) is 0 Å². The van der Waals surface area contributed by atoms with E-state index in [0.717, 1.165) is 41.9 Å². The lowest BCUT2D eigenvalue weighted by Crippen LogP contribution is -3.08. The highest BCUT2D eigenvalue weighted by molar-refractivity contribution is 5.98. The molecule has 0 saturated carbocycles. The average molecular weight is 336 g/mol. The Morgan fingerprint density at radius 1 is 1.12 bits per heavy atom. The second kappa shape index (κ2) is 6.37. The predicted octanol–water partition coefficient (Wildman–Crippen LogP) is 2.65. The fourth-order valence-corrected chi connectivity index (χ4v) is 3.85. The minimum absolute atomic E-state index is 0.247. The fourth-order valence-electron chi connectivity index (χ4n) is 3.85. The van der Waals surface area contributed by atoms with E-state index < -0.39 is 5.63 Å². The number of rotatable bonds is 3. The van der Waals surface area contributed by atoms with Gasteiger partial charge in [0.1, 0.15) is 17.9 Å². The number of phenolic OH excluding ortho intramolecular Hbond substituents is 1. The van der Waals surface area contributed by atoms with Crippen LogP contribution in [0.15, 0.2) is 51.7 Å². The molecule has 128 valence electrons. The van der Waals surface area contributed by atoms with Crippen molar-refractivity contribution in [2.45, 2.75) is 26.3 Å². The number of quaternary nitrogens is 1. The van der Waals surface area contributed by atoms with Gasteiger partial charge in [0, 0.05) is 24.5 Å². The minimum Gasteiger partial charge on any atom is -0.507 e. The zero-order valence-electron chi connectivity index (χ0n) is 14.3. The molecule has 25 heavy (non-hydrogen) atoms. The molecule has 0 bridgehead atoms. The van der Waals surface area contributed by atoms with Gasteiger partial charge < -0.3 is 14.4 Å². The molecule has 1 fully saturated rings. The van der Waals surface area contributed by atoms with E-state index in [0.29, 0.717) is 11.0 Å². The van der Waals surface area contributed by atoms with Gasteiger partial charge in [0.15, 0.2) is 0 Å². The van der Waals surface area contributed by atoms with Crippen molar-refractivity contribution < 1.29 is 14.4 Å². The molecular formula is C21H22NO3+. The summed E-state index contributed by atoms with van der Waals surface area (Å²) in [6.07, 6.45) is 2.49. The molecule has 1 aliphatic rings. The summed E-state index contributed by atoms with van der Waals surface area (Å²) in [4.78, 5) is 13.5. The van der Waals surface area contributed by atoms with E-state index in [2.05, 4.69) is 0 Å². The standard InChI is InChI=1S/C21H21NO3/c1-14-11-18-20(21(24)17(14)13-22-9-5-6-10-22)16(12-19(23)25-18)15-7-3-2-4-8-15/h2-4,7-8,11-12,24H,5-6,9-10,13H2,1H3/p+1. The molecule has 2 heterocycles. The smallest absolute Gasteiger partial charge is 0.336 e. The number of aromatic hydroxyl groups is 1. The molecule has 0 amide bonds. The molecule has 0 unspecified atom stereocenters. The largest absolute Gasteiger partial charge is 0.507 e. The van der Waals surface area contributed by atoms with Gasteiger partial charge in [-0.05, 0) is 24.1 Å². The lowest BCUT2D eigenvalue weighted by atomic mass is 9.96. The lowest BCUT2D eigenvalue weighted by Gasteiger charge is -2.17. The van der Waals surface area contributed by atoms with E-state index in [1.165, 1.54) is 23.8 Å². The van der Waals surface area contributed by atoms with Gasteiger partial charge in [0.25, 0.3) is 0 Å². The van der Waals surface area contributed by atoms with Crippen molar-refractivity contribution in [3.8, 4) is 16.9 Å². The van der Waals surface area contributed by atoms with Crippen molar-refractivity contribution in [1.82, 2.24) is 0 Å². The van der Waals surface area contributed by atoms with Gasteiger partial charge >= 0.3 is 5.63 Å². The maximum Gasteiger partial charge on any atom is 0.336 e. The van der Waals surface area contributed by atoms with Crippen LogP contribution < -0.4 is 10.5 Å². The highest BCUT2D eigenvalue weighted by Crippen LogP contribution is 2.37. The van der Waals surface area contributed by atoms with Crippen molar-refractivity contribution in [3.63, 3.8) is 0 Å². The number of benzene rings is 2.